The molecule has 0 saturated heterocycles. The average Bonchev–Trinajstić information content (AvgIpc) is 2.20. The monoisotopic (exact) mass is 206 g/mol. The summed E-state index contributed by atoms with van der Waals surface area (Å²) in [7, 11) is 0. The van der Waals surface area contributed by atoms with E-state index in [9.17, 15) is 0 Å². The van der Waals surface area contributed by atoms with E-state index in [0.717, 1.165) is 29.9 Å². The molecule has 0 heterocycles. The molecule has 0 aliphatic carbocycles. The van der Waals surface area contributed by atoms with Crippen LogP contribution >= 0.6 is 0 Å². The summed E-state index contributed by atoms with van der Waals surface area (Å²) >= 11 is 0. The van der Waals surface area contributed by atoms with Crippen molar-refractivity contribution in [3.8, 4) is 0 Å². The van der Waals surface area contributed by atoms with Crippen LogP contribution in [-0.4, -0.2) is 6.54 Å². The van der Waals surface area contributed by atoms with Crippen molar-refractivity contribution in [1.29, 1.82) is 0 Å². The van der Waals surface area contributed by atoms with Crippen LogP contribution in [-0.2, 0) is 0 Å². The van der Waals surface area contributed by atoms with E-state index in [1.807, 2.05) is 25.1 Å². The van der Waals surface area contributed by atoms with Crippen molar-refractivity contribution >= 4 is 11.4 Å². The van der Waals surface area contributed by atoms with Crippen molar-refractivity contribution in [3.63, 3.8) is 0 Å². The maximum absolute atomic E-state index is 5.99. The number of nitrogens with one attached hydrogen (secondary N) is 1. The molecule has 1 aromatic rings. The molecule has 0 fully saturated rings. The van der Waals surface area contributed by atoms with Crippen molar-refractivity contribution in [2.45, 2.75) is 34.1 Å². The molecule has 0 atom stereocenters. The van der Waals surface area contributed by atoms with Gasteiger partial charge >= 0.3 is 0 Å². The number of aryl methyl sites for hydroxylation is 1. The molecule has 0 aromatic heterocycles. The number of para-hydroxylation sites is 1. The van der Waals surface area contributed by atoms with Gasteiger partial charge in [-0.15, -0.1) is 0 Å². The first-order valence-electron chi connectivity index (χ1n) is 5.55. The van der Waals surface area contributed by atoms with E-state index in [-0.39, 0.29) is 0 Å². The Kier molecular flexibility index (Phi) is 3.61. The lowest BCUT2D eigenvalue weighted by Gasteiger charge is -2.24. The van der Waals surface area contributed by atoms with Crippen LogP contribution in [0.25, 0.3) is 0 Å². The Morgan fingerprint density at radius 3 is 2.60 bits per heavy atom. The van der Waals surface area contributed by atoms with Gasteiger partial charge in [-0.3, -0.25) is 0 Å². The smallest absolute Gasteiger partial charge is 0.0579 e. The molecule has 1 aromatic carbocycles. The summed E-state index contributed by atoms with van der Waals surface area (Å²) in [6, 6.07) is 6.10. The Morgan fingerprint density at radius 2 is 2.00 bits per heavy atom. The van der Waals surface area contributed by atoms with E-state index < -0.39 is 0 Å². The highest BCUT2D eigenvalue weighted by atomic mass is 14.9. The third-order valence-corrected chi connectivity index (χ3v) is 3.04. The Balaban J connectivity index is 2.70. The van der Waals surface area contributed by atoms with Gasteiger partial charge in [0.25, 0.3) is 0 Å². The summed E-state index contributed by atoms with van der Waals surface area (Å²) in [6.07, 6.45) is 1.16. The summed E-state index contributed by atoms with van der Waals surface area (Å²) in [4.78, 5) is 0. The molecule has 0 aliphatic heterocycles. The predicted molar refractivity (Wildman–Crippen MR) is 68.2 cm³/mol. The Hall–Kier alpha value is -1.18. The molecule has 0 unspecified atom stereocenters. The lowest BCUT2D eigenvalue weighted by molar-refractivity contribution is 0.377. The number of hydrogen-bond acceptors (Lipinski definition) is 2. The van der Waals surface area contributed by atoms with Crippen LogP contribution in [0.1, 0.15) is 32.8 Å². The fourth-order valence-corrected chi connectivity index (χ4v) is 1.29. The minimum absolute atomic E-state index is 0.316. The van der Waals surface area contributed by atoms with Crippen LogP contribution < -0.4 is 11.1 Å². The lowest BCUT2D eigenvalue weighted by atomic mass is 9.90. The van der Waals surface area contributed by atoms with Crippen molar-refractivity contribution in [3.05, 3.63) is 23.8 Å². The van der Waals surface area contributed by atoms with E-state index >= 15 is 0 Å². The van der Waals surface area contributed by atoms with Gasteiger partial charge in [-0.1, -0.05) is 32.9 Å². The molecule has 0 bridgehead atoms. The molecular formula is C13H22N2. The zero-order chi connectivity index (χ0) is 11.5. The van der Waals surface area contributed by atoms with Crippen molar-refractivity contribution in [1.82, 2.24) is 0 Å². The Labute approximate surface area is 92.9 Å². The highest BCUT2D eigenvalue weighted by Crippen LogP contribution is 2.25. The predicted octanol–water partition coefficient (Wildman–Crippen LogP) is 3.43. The molecule has 3 N–H and O–H groups in total. The lowest BCUT2D eigenvalue weighted by Crippen LogP contribution is -2.22. The van der Waals surface area contributed by atoms with Gasteiger partial charge in [-0.2, -0.15) is 0 Å². The fourth-order valence-electron chi connectivity index (χ4n) is 1.29. The first-order valence-corrected chi connectivity index (χ1v) is 5.55. The molecule has 0 amide bonds. The maximum atomic E-state index is 5.99. The minimum atomic E-state index is 0.316. The van der Waals surface area contributed by atoms with Gasteiger partial charge in [0.2, 0.25) is 0 Å². The largest absolute Gasteiger partial charge is 0.397 e. The van der Waals surface area contributed by atoms with Crippen LogP contribution in [0.4, 0.5) is 11.4 Å². The summed E-state index contributed by atoms with van der Waals surface area (Å²) in [5.74, 6) is 0. The number of nitrogens with two attached hydrogens (primary N) is 1. The summed E-state index contributed by atoms with van der Waals surface area (Å²) in [6.45, 7) is 9.71. The van der Waals surface area contributed by atoms with Crippen LogP contribution in [0, 0.1) is 12.3 Å². The third-order valence-electron chi connectivity index (χ3n) is 3.04. The standard InChI is InChI=1S/C13H22N2/c1-5-13(3,4)9-15-11-8-6-7-10(2)12(11)14/h6-8,15H,5,9,14H2,1-4H3. The van der Waals surface area contributed by atoms with E-state index in [2.05, 4.69) is 26.1 Å². The van der Waals surface area contributed by atoms with E-state index in [0.29, 0.717) is 5.41 Å². The normalized spacial score (nSPS) is 11.5. The van der Waals surface area contributed by atoms with Gasteiger partial charge in [0.15, 0.2) is 0 Å². The van der Waals surface area contributed by atoms with Crippen molar-refractivity contribution in [2.24, 2.45) is 5.41 Å². The number of anilines is 2. The number of nitrogen functional groups attached to an aromatic ring is 1. The summed E-state index contributed by atoms with van der Waals surface area (Å²) in [5.41, 5.74) is 9.36. The zero-order valence-electron chi connectivity index (χ0n) is 10.2. The third kappa shape index (κ3) is 3.15. The van der Waals surface area contributed by atoms with Gasteiger partial charge < -0.3 is 11.1 Å². The first kappa shape index (κ1) is 11.9. The molecule has 2 heteroatoms. The van der Waals surface area contributed by atoms with E-state index in [1.165, 1.54) is 0 Å². The van der Waals surface area contributed by atoms with Crippen LogP contribution in [0.3, 0.4) is 0 Å². The molecule has 0 saturated carbocycles. The number of benzene rings is 1. The second-order valence-corrected chi connectivity index (χ2v) is 4.91. The van der Waals surface area contributed by atoms with Gasteiger partial charge in [0.05, 0.1) is 11.4 Å². The quantitative estimate of drug-likeness (QED) is 0.741. The molecule has 0 radical (unpaired) electrons. The van der Waals surface area contributed by atoms with Gasteiger partial charge in [-0.05, 0) is 30.4 Å². The second-order valence-electron chi connectivity index (χ2n) is 4.91. The highest BCUT2D eigenvalue weighted by molar-refractivity contribution is 5.69. The number of rotatable bonds is 4. The molecule has 2 nitrogen and oxygen atoms in total. The van der Waals surface area contributed by atoms with Crippen LogP contribution in [0.15, 0.2) is 18.2 Å². The molecule has 15 heavy (non-hydrogen) atoms. The molecule has 0 spiro atoms. The van der Waals surface area contributed by atoms with Gasteiger partial charge in [0, 0.05) is 6.54 Å². The van der Waals surface area contributed by atoms with Gasteiger partial charge in [-0.25, -0.2) is 0 Å². The average molecular weight is 206 g/mol. The highest BCUT2D eigenvalue weighted by Gasteiger charge is 2.14. The topological polar surface area (TPSA) is 38.0 Å². The second kappa shape index (κ2) is 4.56. The van der Waals surface area contributed by atoms with Crippen LogP contribution in [0.2, 0.25) is 0 Å². The van der Waals surface area contributed by atoms with Crippen molar-refractivity contribution < 1.29 is 0 Å². The molecular weight excluding hydrogens is 184 g/mol. The molecule has 1 rings (SSSR count). The molecule has 84 valence electrons. The van der Waals surface area contributed by atoms with E-state index in [4.69, 9.17) is 5.73 Å². The zero-order valence-corrected chi connectivity index (χ0v) is 10.2. The molecule has 0 aliphatic rings. The van der Waals surface area contributed by atoms with Gasteiger partial charge in [0.1, 0.15) is 0 Å². The summed E-state index contributed by atoms with van der Waals surface area (Å²) in [5, 5.41) is 3.42. The fraction of sp³-hybridized carbons (Fsp3) is 0.538. The Morgan fingerprint density at radius 1 is 1.33 bits per heavy atom. The number of hydrogen-bond donors (Lipinski definition) is 2. The Bertz CT molecular complexity index is 329. The summed E-state index contributed by atoms with van der Waals surface area (Å²) < 4.78 is 0. The van der Waals surface area contributed by atoms with Crippen molar-refractivity contribution in [2.75, 3.05) is 17.6 Å². The van der Waals surface area contributed by atoms with Crippen LogP contribution in [0.5, 0.6) is 0 Å². The first-order chi connectivity index (χ1) is 6.96. The SMILES string of the molecule is CCC(C)(C)CNc1cccc(C)c1N. The maximum Gasteiger partial charge on any atom is 0.0579 e. The van der Waals surface area contributed by atoms with E-state index in [1.54, 1.807) is 0 Å². The minimum Gasteiger partial charge on any atom is -0.397 e.